The first kappa shape index (κ1) is 21.8. The molecule has 1 amide bonds. The second kappa shape index (κ2) is 8.96. The van der Waals surface area contributed by atoms with Gasteiger partial charge in [0.05, 0.1) is 25.0 Å². The number of rotatable bonds is 4. The van der Waals surface area contributed by atoms with Crippen LogP contribution >= 0.6 is 0 Å². The second-order valence-corrected chi connectivity index (χ2v) is 7.46. The molecule has 6 nitrogen and oxygen atoms in total. The lowest BCUT2D eigenvalue weighted by molar-refractivity contribution is -0.137. The molecule has 1 saturated heterocycles. The minimum atomic E-state index is -4.60. The Kier molecular flexibility index (Phi) is 6.09. The Balaban J connectivity index is 1.58. The van der Waals surface area contributed by atoms with Crippen LogP contribution < -0.4 is 10.2 Å². The molecule has 0 unspecified atom stereocenters. The summed E-state index contributed by atoms with van der Waals surface area (Å²) in [4.78, 5) is 14.7. The average molecular weight is 442 g/mol. The maximum atomic E-state index is 12.9. The number of hydrogen-bond donors (Lipinski definition) is 1. The fourth-order valence-electron chi connectivity index (χ4n) is 3.53. The van der Waals surface area contributed by atoms with E-state index in [-0.39, 0.29) is 0 Å². The molecule has 0 bridgehead atoms. The van der Waals surface area contributed by atoms with Crippen molar-refractivity contribution < 1.29 is 22.7 Å². The molecule has 2 heterocycles. The first-order chi connectivity index (χ1) is 15.3. The molecule has 0 aliphatic carbocycles. The minimum absolute atomic E-state index is 0.406. The zero-order valence-corrected chi connectivity index (χ0v) is 17.3. The molecule has 0 radical (unpaired) electrons. The first-order valence-electron chi connectivity index (χ1n) is 10.1. The van der Waals surface area contributed by atoms with Crippen LogP contribution in [0.3, 0.4) is 0 Å². The van der Waals surface area contributed by atoms with Gasteiger partial charge < -0.3 is 15.0 Å². The largest absolute Gasteiger partial charge is 0.418 e. The number of aromatic nitrogens is 2. The predicted octanol–water partition coefficient (Wildman–Crippen LogP) is 4.56. The van der Waals surface area contributed by atoms with Crippen molar-refractivity contribution >= 4 is 17.3 Å². The van der Waals surface area contributed by atoms with Gasteiger partial charge in [-0.25, -0.2) is 0 Å². The topological polar surface area (TPSA) is 67.4 Å². The average Bonchev–Trinajstić information content (AvgIpc) is 2.80. The van der Waals surface area contributed by atoms with E-state index in [4.69, 9.17) is 4.74 Å². The number of halogens is 3. The molecule has 1 aromatic heterocycles. The monoisotopic (exact) mass is 442 g/mol. The number of alkyl halides is 3. The van der Waals surface area contributed by atoms with Crippen LogP contribution in [0.15, 0.2) is 54.7 Å². The summed E-state index contributed by atoms with van der Waals surface area (Å²) in [5, 5.41) is 9.45. The van der Waals surface area contributed by atoms with Crippen molar-refractivity contribution in [3.05, 3.63) is 71.5 Å². The van der Waals surface area contributed by atoms with Gasteiger partial charge in [-0.05, 0) is 53.9 Å². The highest BCUT2D eigenvalue weighted by Gasteiger charge is 2.32. The Hall–Kier alpha value is -3.46. The molecular weight excluding hydrogens is 421 g/mol. The van der Waals surface area contributed by atoms with Crippen LogP contribution in [0.5, 0.6) is 0 Å². The lowest BCUT2D eigenvalue weighted by Gasteiger charge is -2.29. The van der Waals surface area contributed by atoms with E-state index < -0.39 is 23.3 Å². The molecule has 32 heavy (non-hydrogen) atoms. The van der Waals surface area contributed by atoms with Gasteiger partial charge in [0, 0.05) is 24.5 Å². The summed E-state index contributed by atoms with van der Waals surface area (Å²) < 4.78 is 44.1. The van der Waals surface area contributed by atoms with Gasteiger partial charge in [-0.15, -0.1) is 5.10 Å². The zero-order valence-electron chi connectivity index (χ0n) is 17.3. The second-order valence-electron chi connectivity index (χ2n) is 7.46. The van der Waals surface area contributed by atoms with Crippen LogP contribution in [0.2, 0.25) is 0 Å². The molecule has 0 saturated carbocycles. The van der Waals surface area contributed by atoms with Gasteiger partial charge in [0.1, 0.15) is 0 Å². The number of morpholine rings is 1. The van der Waals surface area contributed by atoms with Crippen molar-refractivity contribution in [2.45, 2.75) is 13.1 Å². The molecule has 1 N–H and O–H groups in total. The summed E-state index contributed by atoms with van der Waals surface area (Å²) in [6, 6.07) is 14.1. The molecule has 9 heteroatoms. The number of carbonyl (C=O) groups excluding carboxylic acids is 1. The standard InChI is InChI=1S/C23H21F3N4O2/c1-15-5-6-18(28-22(31)21-12-17(14-27-29-21)23(24,25)26)13-20(15)16-3-2-4-19(11-16)30-7-9-32-10-8-30/h2-6,11-14H,7-10H2,1H3,(H,28,31). The van der Waals surface area contributed by atoms with Crippen molar-refractivity contribution in [1.82, 2.24) is 10.2 Å². The molecule has 166 valence electrons. The van der Waals surface area contributed by atoms with E-state index in [1.54, 1.807) is 12.1 Å². The normalized spacial score (nSPS) is 14.3. The van der Waals surface area contributed by atoms with Crippen LogP contribution in [-0.4, -0.2) is 42.4 Å². The zero-order chi connectivity index (χ0) is 22.7. The number of nitrogens with one attached hydrogen (secondary N) is 1. The molecular formula is C23H21F3N4O2. The third-order valence-electron chi connectivity index (χ3n) is 5.24. The summed E-state index contributed by atoms with van der Waals surface area (Å²) in [6.07, 6.45) is -4.02. The number of amides is 1. The van der Waals surface area contributed by atoms with Gasteiger partial charge in [0.2, 0.25) is 0 Å². The highest BCUT2D eigenvalue weighted by atomic mass is 19.4. The van der Waals surface area contributed by atoms with Gasteiger partial charge in [0.25, 0.3) is 5.91 Å². The van der Waals surface area contributed by atoms with Gasteiger partial charge >= 0.3 is 6.18 Å². The number of nitrogens with zero attached hydrogens (tertiary/aromatic N) is 3. The van der Waals surface area contributed by atoms with E-state index >= 15 is 0 Å². The highest BCUT2D eigenvalue weighted by Crippen LogP contribution is 2.31. The Morgan fingerprint density at radius 1 is 1.09 bits per heavy atom. The van der Waals surface area contributed by atoms with E-state index in [1.807, 2.05) is 31.2 Å². The fraction of sp³-hybridized carbons (Fsp3) is 0.261. The van der Waals surface area contributed by atoms with Crippen LogP contribution in [0.4, 0.5) is 24.5 Å². The van der Waals surface area contributed by atoms with E-state index in [2.05, 4.69) is 26.5 Å². The fourth-order valence-corrected chi connectivity index (χ4v) is 3.53. The Labute approximate surface area is 183 Å². The molecule has 0 spiro atoms. The summed E-state index contributed by atoms with van der Waals surface area (Å²) in [7, 11) is 0. The molecule has 2 aromatic carbocycles. The van der Waals surface area contributed by atoms with Crippen LogP contribution in [0, 0.1) is 6.92 Å². The number of hydrogen-bond acceptors (Lipinski definition) is 5. The maximum absolute atomic E-state index is 12.9. The summed E-state index contributed by atoms with van der Waals surface area (Å²) in [5.74, 6) is -0.763. The van der Waals surface area contributed by atoms with Crippen molar-refractivity contribution in [1.29, 1.82) is 0 Å². The van der Waals surface area contributed by atoms with E-state index in [9.17, 15) is 18.0 Å². The van der Waals surface area contributed by atoms with Crippen LogP contribution in [-0.2, 0) is 10.9 Å². The van der Waals surface area contributed by atoms with E-state index in [0.717, 1.165) is 35.5 Å². The van der Waals surface area contributed by atoms with E-state index in [0.29, 0.717) is 31.2 Å². The van der Waals surface area contributed by atoms with Crippen LogP contribution in [0.1, 0.15) is 21.6 Å². The molecule has 1 fully saturated rings. The number of benzene rings is 2. The SMILES string of the molecule is Cc1ccc(NC(=O)c2cc(C(F)(F)F)cnn2)cc1-c1cccc(N2CCOCC2)c1. The number of anilines is 2. The van der Waals surface area contributed by atoms with Crippen molar-refractivity contribution in [3.8, 4) is 11.1 Å². The smallest absolute Gasteiger partial charge is 0.378 e. The Morgan fingerprint density at radius 2 is 1.88 bits per heavy atom. The lowest BCUT2D eigenvalue weighted by Crippen LogP contribution is -2.36. The first-order valence-corrected chi connectivity index (χ1v) is 10.1. The Bertz CT molecular complexity index is 1130. The summed E-state index contributed by atoms with van der Waals surface area (Å²) in [6.45, 7) is 4.96. The van der Waals surface area contributed by atoms with Crippen molar-refractivity contribution in [2.75, 3.05) is 36.5 Å². The quantitative estimate of drug-likeness (QED) is 0.642. The van der Waals surface area contributed by atoms with Crippen LogP contribution in [0.25, 0.3) is 11.1 Å². The summed E-state index contributed by atoms with van der Waals surface area (Å²) in [5.41, 5.74) is 2.99. The molecule has 1 aliphatic rings. The predicted molar refractivity (Wildman–Crippen MR) is 115 cm³/mol. The van der Waals surface area contributed by atoms with Crippen molar-refractivity contribution in [3.63, 3.8) is 0 Å². The highest BCUT2D eigenvalue weighted by molar-refractivity contribution is 6.03. The number of ether oxygens (including phenoxy) is 1. The number of aryl methyl sites for hydroxylation is 1. The van der Waals surface area contributed by atoms with E-state index in [1.165, 1.54) is 0 Å². The number of carbonyl (C=O) groups is 1. The Morgan fingerprint density at radius 3 is 2.62 bits per heavy atom. The van der Waals surface area contributed by atoms with Gasteiger partial charge in [-0.3, -0.25) is 4.79 Å². The van der Waals surface area contributed by atoms with Gasteiger partial charge in [-0.2, -0.15) is 18.3 Å². The summed E-state index contributed by atoms with van der Waals surface area (Å²) >= 11 is 0. The van der Waals surface area contributed by atoms with Gasteiger partial charge in [0.15, 0.2) is 5.69 Å². The lowest BCUT2D eigenvalue weighted by atomic mass is 9.99. The molecule has 0 atom stereocenters. The van der Waals surface area contributed by atoms with Crippen molar-refractivity contribution in [2.24, 2.45) is 0 Å². The molecule has 1 aliphatic heterocycles. The van der Waals surface area contributed by atoms with Gasteiger partial charge in [-0.1, -0.05) is 18.2 Å². The third kappa shape index (κ3) is 4.88. The minimum Gasteiger partial charge on any atom is -0.378 e. The molecule has 3 aromatic rings. The molecule has 4 rings (SSSR count). The third-order valence-corrected chi connectivity index (χ3v) is 5.24. The maximum Gasteiger partial charge on any atom is 0.418 e.